The van der Waals surface area contributed by atoms with Gasteiger partial charge < -0.3 is 0 Å². The summed E-state index contributed by atoms with van der Waals surface area (Å²) in [7, 11) is 0. The topological polar surface area (TPSA) is 17.1 Å². The summed E-state index contributed by atoms with van der Waals surface area (Å²) in [6.45, 7) is 8.92. The Morgan fingerprint density at radius 1 is 1.19 bits per heavy atom. The molecule has 0 heterocycles. The van der Waals surface area contributed by atoms with Crippen LogP contribution in [0, 0.1) is 22.7 Å². The van der Waals surface area contributed by atoms with Crippen molar-refractivity contribution < 1.29 is 4.79 Å². The summed E-state index contributed by atoms with van der Waals surface area (Å²) in [5.41, 5.74) is 3.06. The minimum atomic E-state index is -0.113. The second-order valence-corrected chi connectivity index (χ2v) is 7.07. The maximum absolute atomic E-state index is 12.6. The predicted octanol–water partition coefficient (Wildman–Crippen LogP) is 3.74. The van der Waals surface area contributed by atoms with E-state index >= 15 is 0 Å². The van der Waals surface area contributed by atoms with Gasteiger partial charge in [0.15, 0.2) is 5.78 Å². The molecule has 0 saturated heterocycles. The Bertz CT molecular complexity index is 402. The molecule has 0 aromatic carbocycles. The summed E-state index contributed by atoms with van der Waals surface area (Å²) >= 11 is 0. The highest BCUT2D eigenvalue weighted by Crippen LogP contribution is 2.67. The van der Waals surface area contributed by atoms with Crippen LogP contribution in [-0.4, -0.2) is 5.78 Å². The maximum atomic E-state index is 12.6. The van der Waals surface area contributed by atoms with E-state index < -0.39 is 0 Å². The van der Waals surface area contributed by atoms with Gasteiger partial charge in [-0.25, -0.2) is 0 Å². The summed E-state index contributed by atoms with van der Waals surface area (Å²) in [4.78, 5) is 12.6. The fourth-order valence-corrected chi connectivity index (χ4v) is 4.08. The molecule has 16 heavy (non-hydrogen) atoms. The largest absolute Gasteiger partial charge is 0.294 e. The number of rotatable bonds is 0. The first-order valence-corrected chi connectivity index (χ1v) is 6.64. The molecule has 0 bridgehead atoms. The quantitative estimate of drug-likeness (QED) is 0.605. The van der Waals surface area contributed by atoms with Gasteiger partial charge in [-0.2, -0.15) is 0 Å². The lowest BCUT2D eigenvalue weighted by Gasteiger charge is -2.24. The Kier molecular flexibility index (Phi) is 1.85. The molecule has 0 unspecified atom stereocenters. The Morgan fingerprint density at radius 2 is 1.88 bits per heavy atom. The van der Waals surface area contributed by atoms with Crippen LogP contribution in [0.1, 0.15) is 53.4 Å². The fraction of sp³-hybridized carbons (Fsp3) is 0.800. The van der Waals surface area contributed by atoms with Gasteiger partial charge in [-0.1, -0.05) is 33.3 Å². The summed E-state index contributed by atoms with van der Waals surface area (Å²) in [6.07, 6.45) is 4.82. The average Bonchev–Trinajstić information content (AvgIpc) is 2.68. The molecule has 0 aliphatic heterocycles. The second kappa shape index (κ2) is 2.80. The number of carbonyl (C=O) groups is 1. The first-order valence-electron chi connectivity index (χ1n) is 6.64. The third-order valence-corrected chi connectivity index (χ3v) is 5.36. The second-order valence-electron chi connectivity index (χ2n) is 7.07. The standard InChI is InChI=1S/C15H22O/c1-9-5-6-11-12(9)13(16)14(2,3)7-10-8-15(10,11)4/h9-10H,5-8H2,1-4H3/t9-,10-,15+/m1/s1. The molecule has 0 spiro atoms. The van der Waals surface area contributed by atoms with Crippen LogP contribution in [-0.2, 0) is 4.79 Å². The van der Waals surface area contributed by atoms with Crippen LogP contribution in [0.3, 0.4) is 0 Å². The minimum Gasteiger partial charge on any atom is -0.294 e. The van der Waals surface area contributed by atoms with E-state index in [9.17, 15) is 4.79 Å². The van der Waals surface area contributed by atoms with E-state index in [4.69, 9.17) is 0 Å². The molecule has 1 heteroatoms. The Labute approximate surface area is 98.3 Å². The van der Waals surface area contributed by atoms with Crippen molar-refractivity contribution in [2.75, 3.05) is 0 Å². The van der Waals surface area contributed by atoms with Crippen LogP contribution >= 0.6 is 0 Å². The summed E-state index contributed by atoms with van der Waals surface area (Å²) in [6, 6.07) is 0. The molecule has 3 atom stereocenters. The van der Waals surface area contributed by atoms with E-state index in [1.165, 1.54) is 24.8 Å². The van der Waals surface area contributed by atoms with Crippen LogP contribution < -0.4 is 0 Å². The van der Waals surface area contributed by atoms with E-state index in [1.54, 1.807) is 5.57 Å². The molecule has 1 saturated carbocycles. The molecule has 3 aliphatic rings. The van der Waals surface area contributed by atoms with E-state index in [2.05, 4.69) is 27.7 Å². The highest BCUT2D eigenvalue weighted by molar-refractivity contribution is 6.01. The molecular weight excluding hydrogens is 196 g/mol. The number of fused-ring (bicyclic) bond motifs is 2. The minimum absolute atomic E-state index is 0.113. The predicted molar refractivity (Wildman–Crippen MR) is 65.0 cm³/mol. The van der Waals surface area contributed by atoms with Gasteiger partial charge >= 0.3 is 0 Å². The van der Waals surface area contributed by atoms with E-state index in [-0.39, 0.29) is 5.41 Å². The summed E-state index contributed by atoms with van der Waals surface area (Å²) in [5.74, 6) is 1.75. The molecule has 0 aromatic heterocycles. The van der Waals surface area contributed by atoms with Crippen LogP contribution in [0.5, 0.6) is 0 Å². The molecule has 0 amide bonds. The zero-order valence-electron chi connectivity index (χ0n) is 10.9. The normalized spacial score (nSPS) is 45.1. The zero-order valence-corrected chi connectivity index (χ0v) is 10.9. The van der Waals surface area contributed by atoms with Crippen molar-refractivity contribution in [3.63, 3.8) is 0 Å². The molecule has 0 radical (unpaired) electrons. The van der Waals surface area contributed by atoms with Gasteiger partial charge in [-0.05, 0) is 48.5 Å². The SMILES string of the molecule is C[C@@H]1CCC2=C1C(=O)C(C)(C)C[C@@H]1C[C@]21C. The monoisotopic (exact) mass is 218 g/mol. The van der Waals surface area contributed by atoms with Crippen LogP contribution in [0.4, 0.5) is 0 Å². The van der Waals surface area contributed by atoms with Crippen molar-refractivity contribution in [2.45, 2.75) is 53.4 Å². The van der Waals surface area contributed by atoms with E-state index in [0.29, 0.717) is 17.1 Å². The molecule has 3 aliphatic carbocycles. The third kappa shape index (κ3) is 1.15. The number of hydrogen-bond donors (Lipinski definition) is 0. The average molecular weight is 218 g/mol. The van der Waals surface area contributed by atoms with Crippen molar-refractivity contribution in [1.29, 1.82) is 0 Å². The van der Waals surface area contributed by atoms with E-state index in [0.717, 1.165) is 12.3 Å². The highest BCUT2D eigenvalue weighted by atomic mass is 16.1. The van der Waals surface area contributed by atoms with Gasteiger partial charge in [-0.3, -0.25) is 4.79 Å². The van der Waals surface area contributed by atoms with E-state index in [1.807, 2.05) is 0 Å². The number of Topliss-reactive ketones (excluding diaryl/α,β-unsaturated/α-hetero) is 1. The van der Waals surface area contributed by atoms with Crippen molar-refractivity contribution in [3.8, 4) is 0 Å². The number of hydrogen-bond acceptors (Lipinski definition) is 1. The highest BCUT2D eigenvalue weighted by Gasteiger charge is 2.59. The Hall–Kier alpha value is -0.590. The van der Waals surface area contributed by atoms with Gasteiger partial charge in [0.25, 0.3) is 0 Å². The van der Waals surface area contributed by atoms with Crippen LogP contribution in [0.2, 0.25) is 0 Å². The van der Waals surface area contributed by atoms with Crippen molar-refractivity contribution >= 4 is 5.78 Å². The maximum Gasteiger partial charge on any atom is 0.164 e. The van der Waals surface area contributed by atoms with Crippen LogP contribution in [0.25, 0.3) is 0 Å². The van der Waals surface area contributed by atoms with Gasteiger partial charge in [0, 0.05) is 5.41 Å². The van der Waals surface area contributed by atoms with Crippen molar-refractivity contribution in [1.82, 2.24) is 0 Å². The lowest BCUT2D eigenvalue weighted by molar-refractivity contribution is -0.124. The smallest absolute Gasteiger partial charge is 0.164 e. The van der Waals surface area contributed by atoms with Crippen molar-refractivity contribution in [3.05, 3.63) is 11.1 Å². The third-order valence-electron chi connectivity index (χ3n) is 5.36. The van der Waals surface area contributed by atoms with Crippen LogP contribution in [0.15, 0.2) is 11.1 Å². The molecule has 0 aromatic rings. The lowest BCUT2D eigenvalue weighted by atomic mass is 9.78. The van der Waals surface area contributed by atoms with Gasteiger partial charge in [-0.15, -0.1) is 0 Å². The first kappa shape index (κ1) is 10.6. The molecule has 1 fully saturated rings. The molecule has 3 rings (SSSR count). The molecule has 0 N–H and O–H groups in total. The summed E-state index contributed by atoms with van der Waals surface area (Å²) < 4.78 is 0. The molecular formula is C15H22O. The van der Waals surface area contributed by atoms with Gasteiger partial charge in [0.1, 0.15) is 0 Å². The number of carbonyl (C=O) groups excluding carboxylic acids is 1. The first-order chi connectivity index (χ1) is 7.36. The number of ketones is 1. The Morgan fingerprint density at radius 3 is 2.56 bits per heavy atom. The van der Waals surface area contributed by atoms with Gasteiger partial charge in [0.2, 0.25) is 0 Å². The zero-order chi connectivity index (χ0) is 11.7. The lowest BCUT2D eigenvalue weighted by Crippen LogP contribution is -2.27. The Balaban J connectivity index is 2.14. The van der Waals surface area contributed by atoms with Crippen molar-refractivity contribution in [2.24, 2.45) is 22.7 Å². The molecule has 88 valence electrons. The van der Waals surface area contributed by atoms with Gasteiger partial charge in [0.05, 0.1) is 0 Å². The fourth-order valence-electron chi connectivity index (χ4n) is 4.08. The molecule has 1 nitrogen and oxygen atoms in total. The number of allylic oxidation sites excluding steroid dienone is 2. The summed E-state index contributed by atoms with van der Waals surface area (Å²) in [5, 5.41) is 0.